The third-order valence-electron chi connectivity index (χ3n) is 3.81. The van der Waals surface area contributed by atoms with Crippen LogP contribution in [0.5, 0.6) is 0 Å². The van der Waals surface area contributed by atoms with Crippen LogP contribution in [0.4, 0.5) is 0 Å². The number of carboxylic acids is 1. The van der Waals surface area contributed by atoms with Crippen LogP contribution in [0.1, 0.15) is 16.7 Å². The van der Waals surface area contributed by atoms with Crippen LogP contribution in [0.15, 0.2) is 18.2 Å². The number of aliphatic carboxylic acids is 1. The van der Waals surface area contributed by atoms with E-state index in [0.717, 1.165) is 5.56 Å². The van der Waals surface area contributed by atoms with E-state index in [2.05, 4.69) is 0 Å². The molecule has 1 saturated heterocycles. The molecule has 19 heavy (non-hydrogen) atoms. The number of rotatable bonds is 4. The Labute approximate surface area is 114 Å². The van der Waals surface area contributed by atoms with Crippen molar-refractivity contribution in [3.05, 3.63) is 34.9 Å². The van der Waals surface area contributed by atoms with E-state index >= 15 is 0 Å². The lowest BCUT2D eigenvalue weighted by molar-refractivity contribution is -0.145. The van der Waals surface area contributed by atoms with Gasteiger partial charge in [0.15, 0.2) is 0 Å². The number of ether oxygens (including phenoxy) is 1. The summed E-state index contributed by atoms with van der Waals surface area (Å²) in [5.74, 6) is -0.746. The fourth-order valence-corrected chi connectivity index (χ4v) is 2.63. The molecular weight excluding hydrogens is 242 g/mol. The minimum absolute atomic E-state index is 0.455. The Morgan fingerprint density at radius 3 is 2.42 bits per heavy atom. The molecule has 4 nitrogen and oxygen atoms in total. The molecule has 1 unspecified atom stereocenters. The fourth-order valence-electron chi connectivity index (χ4n) is 2.63. The van der Waals surface area contributed by atoms with Crippen molar-refractivity contribution < 1.29 is 14.6 Å². The van der Waals surface area contributed by atoms with Gasteiger partial charge in [0.25, 0.3) is 0 Å². The van der Waals surface area contributed by atoms with Gasteiger partial charge in [0.1, 0.15) is 6.04 Å². The molecular formula is C15H21NO3. The first-order valence-corrected chi connectivity index (χ1v) is 6.69. The average Bonchev–Trinajstić information content (AvgIpc) is 2.39. The van der Waals surface area contributed by atoms with E-state index in [9.17, 15) is 9.90 Å². The normalized spacial score (nSPS) is 18.2. The van der Waals surface area contributed by atoms with Gasteiger partial charge in [0.2, 0.25) is 0 Å². The minimum Gasteiger partial charge on any atom is -0.480 e. The van der Waals surface area contributed by atoms with Crippen LogP contribution < -0.4 is 0 Å². The van der Waals surface area contributed by atoms with Crippen LogP contribution >= 0.6 is 0 Å². The maximum Gasteiger partial charge on any atom is 0.321 e. The topological polar surface area (TPSA) is 49.8 Å². The SMILES string of the molecule is Cc1cccc(C)c1CC(C(=O)O)N1CCOCC1. The van der Waals surface area contributed by atoms with Crippen molar-refractivity contribution in [1.29, 1.82) is 0 Å². The minimum atomic E-state index is -0.746. The Hall–Kier alpha value is -1.39. The van der Waals surface area contributed by atoms with Gasteiger partial charge in [-0.25, -0.2) is 0 Å². The van der Waals surface area contributed by atoms with Gasteiger partial charge in [-0.15, -0.1) is 0 Å². The highest BCUT2D eigenvalue weighted by atomic mass is 16.5. The number of benzene rings is 1. The van der Waals surface area contributed by atoms with Gasteiger partial charge in [-0.05, 0) is 37.0 Å². The van der Waals surface area contributed by atoms with Crippen molar-refractivity contribution in [2.75, 3.05) is 26.3 Å². The number of hydrogen-bond donors (Lipinski definition) is 1. The van der Waals surface area contributed by atoms with Gasteiger partial charge in [0.05, 0.1) is 13.2 Å². The summed E-state index contributed by atoms with van der Waals surface area (Å²) in [6, 6.07) is 5.64. The largest absolute Gasteiger partial charge is 0.480 e. The lowest BCUT2D eigenvalue weighted by Crippen LogP contribution is -2.48. The van der Waals surface area contributed by atoms with Crippen LogP contribution in [0.3, 0.4) is 0 Å². The van der Waals surface area contributed by atoms with E-state index in [4.69, 9.17) is 4.74 Å². The molecule has 1 aliphatic heterocycles. The van der Waals surface area contributed by atoms with Crippen molar-refractivity contribution in [2.24, 2.45) is 0 Å². The Morgan fingerprint density at radius 2 is 1.89 bits per heavy atom. The van der Waals surface area contributed by atoms with E-state index in [-0.39, 0.29) is 0 Å². The third-order valence-corrected chi connectivity index (χ3v) is 3.81. The van der Waals surface area contributed by atoms with E-state index in [0.29, 0.717) is 32.7 Å². The van der Waals surface area contributed by atoms with Crippen molar-refractivity contribution in [1.82, 2.24) is 4.90 Å². The highest BCUT2D eigenvalue weighted by Gasteiger charge is 2.28. The second-order valence-corrected chi connectivity index (χ2v) is 5.08. The molecule has 2 rings (SSSR count). The van der Waals surface area contributed by atoms with Crippen LogP contribution in [0.2, 0.25) is 0 Å². The number of carboxylic acid groups (broad SMARTS) is 1. The number of hydrogen-bond acceptors (Lipinski definition) is 3. The first-order chi connectivity index (χ1) is 9.09. The Bertz CT molecular complexity index is 432. The van der Waals surface area contributed by atoms with E-state index in [1.807, 2.05) is 36.9 Å². The second-order valence-electron chi connectivity index (χ2n) is 5.08. The van der Waals surface area contributed by atoms with E-state index in [1.54, 1.807) is 0 Å². The second kappa shape index (κ2) is 6.17. The first-order valence-electron chi connectivity index (χ1n) is 6.69. The zero-order valence-electron chi connectivity index (χ0n) is 11.6. The molecule has 0 spiro atoms. The maximum absolute atomic E-state index is 11.5. The zero-order chi connectivity index (χ0) is 13.8. The molecule has 4 heteroatoms. The average molecular weight is 263 g/mol. The van der Waals surface area contributed by atoms with Crippen LogP contribution in [0.25, 0.3) is 0 Å². The van der Waals surface area contributed by atoms with Gasteiger partial charge >= 0.3 is 5.97 Å². The monoisotopic (exact) mass is 263 g/mol. The molecule has 0 saturated carbocycles. The third kappa shape index (κ3) is 3.33. The summed E-state index contributed by atoms with van der Waals surface area (Å²) in [4.78, 5) is 13.6. The first kappa shape index (κ1) is 14.0. The highest BCUT2D eigenvalue weighted by molar-refractivity contribution is 5.74. The zero-order valence-corrected chi connectivity index (χ0v) is 11.6. The molecule has 0 aromatic heterocycles. The molecule has 1 aromatic carbocycles. The number of morpholine rings is 1. The molecule has 1 N–H and O–H groups in total. The molecule has 1 fully saturated rings. The molecule has 1 aliphatic rings. The van der Waals surface area contributed by atoms with Gasteiger partial charge in [0, 0.05) is 13.1 Å². The number of aryl methyl sites for hydroxylation is 2. The highest BCUT2D eigenvalue weighted by Crippen LogP contribution is 2.18. The lowest BCUT2D eigenvalue weighted by Gasteiger charge is -2.32. The van der Waals surface area contributed by atoms with Gasteiger partial charge in [-0.3, -0.25) is 9.69 Å². The molecule has 1 heterocycles. The standard InChI is InChI=1S/C15H21NO3/c1-11-4-3-5-12(2)13(11)10-14(15(17)18)16-6-8-19-9-7-16/h3-5,14H,6-10H2,1-2H3,(H,17,18). The summed E-state index contributed by atoms with van der Waals surface area (Å²) in [5, 5.41) is 9.49. The Balaban J connectivity index is 2.18. The lowest BCUT2D eigenvalue weighted by atomic mass is 9.95. The quantitative estimate of drug-likeness (QED) is 0.897. The number of nitrogens with zero attached hydrogens (tertiary/aromatic N) is 1. The fraction of sp³-hybridized carbons (Fsp3) is 0.533. The van der Waals surface area contributed by atoms with Crippen LogP contribution in [0, 0.1) is 13.8 Å². The molecule has 1 aromatic rings. The smallest absolute Gasteiger partial charge is 0.321 e. The van der Waals surface area contributed by atoms with Gasteiger partial charge in [-0.2, -0.15) is 0 Å². The number of carbonyl (C=O) groups is 1. The molecule has 0 amide bonds. The predicted octanol–water partition coefficient (Wildman–Crippen LogP) is 1.63. The maximum atomic E-state index is 11.5. The molecule has 0 radical (unpaired) electrons. The predicted molar refractivity (Wildman–Crippen MR) is 73.4 cm³/mol. The summed E-state index contributed by atoms with van der Waals surface area (Å²) in [7, 11) is 0. The van der Waals surface area contributed by atoms with Crippen LogP contribution in [-0.4, -0.2) is 48.3 Å². The van der Waals surface area contributed by atoms with E-state index < -0.39 is 12.0 Å². The van der Waals surface area contributed by atoms with Crippen LogP contribution in [-0.2, 0) is 16.0 Å². The Kier molecular flexibility index (Phi) is 4.56. The Morgan fingerprint density at radius 1 is 1.32 bits per heavy atom. The molecule has 0 bridgehead atoms. The summed E-state index contributed by atoms with van der Waals surface area (Å²) in [6.07, 6.45) is 0.563. The summed E-state index contributed by atoms with van der Waals surface area (Å²) in [6.45, 7) is 6.72. The van der Waals surface area contributed by atoms with E-state index in [1.165, 1.54) is 11.1 Å². The molecule has 104 valence electrons. The summed E-state index contributed by atoms with van der Waals surface area (Å²) in [5.41, 5.74) is 3.49. The summed E-state index contributed by atoms with van der Waals surface area (Å²) >= 11 is 0. The molecule has 1 atom stereocenters. The van der Waals surface area contributed by atoms with Crippen molar-refractivity contribution in [3.8, 4) is 0 Å². The van der Waals surface area contributed by atoms with Crippen molar-refractivity contribution in [3.63, 3.8) is 0 Å². The van der Waals surface area contributed by atoms with Gasteiger partial charge < -0.3 is 9.84 Å². The molecule has 0 aliphatic carbocycles. The van der Waals surface area contributed by atoms with Crippen molar-refractivity contribution in [2.45, 2.75) is 26.3 Å². The summed E-state index contributed by atoms with van der Waals surface area (Å²) < 4.78 is 5.29. The van der Waals surface area contributed by atoms with Gasteiger partial charge in [-0.1, -0.05) is 18.2 Å². The van der Waals surface area contributed by atoms with Crippen molar-refractivity contribution >= 4 is 5.97 Å².